The van der Waals surface area contributed by atoms with Gasteiger partial charge in [-0.3, -0.25) is 0 Å². The zero-order valence-electron chi connectivity index (χ0n) is 9.66. The first-order chi connectivity index (χ1) is 8.61. The van der Waals surface area contributed by atoms with Gasteiger partial charge in [-0.25, -0.2) is 0 Å². The Balaban J connectivity index is 2.41. The molecule has 1 aliphatic heterocycles. The molecule has 1 saturated heterocycles. The lowest BCUT2D eigenvalue weighted by Gasteiger charge is -2.39. The third-order valence-corrected chi connectivity index (χ3v) is 2.60. The summed E-state index contributed by atoms with van der Waals surface area (Å²) in [7, 11) is 0. The Morgan fingerprint density at radius 2 is 1.94 bits per heavy atom. The predicted octanol–water partition coefficient (Wildman–Crippen LogP) is -1.50. The number of ether oxygens (including phenoxy) is 2. The average Bonchev–Trinajstić information content (AvgIpc) is 2.38. The Kier molecular flexibility index (Phi) is 6.30. The molecule has 0 amide bonds. The fraction of sp³-hybridized carbons (Fsp3) is 1.00. The number of aliphatic hydroxyl groups is 4. The Bertz CT molecular complexity index is 296. The van der Waals surface area contributed by atoms with E-state index >= 15 is 0 Å². The van der Waals surface area contributed by atoms with Crippen molar-refractivity contribution in [1.82, 2.24) is 0 Å². The highest BCUT2D eigenvalue weighted by molar-refractivity contribution is 4.88. The molecule has 104 valence electrons. The predicted molar refractivity (Wildman–Crippen MR) is 58.3 cm³/mol. The van der Waals surface area contributed by atoms with Crippen molar-refractivity contribution in [3.8, 4) is 0 Å². The number of hydrogen-bond donors (Lipinski definition) is 4. The third kappa shape index (κ3) is 3.79. The molecule has 1 rings (SSSR count). The van der Waals surface area contributed by atoms with Gasteiger partial charge in [0.05, 0.1) is 6.61 Å². The first-order valence-electron chi connectivity index (χ1n) is 5.54. The second kappa shape index (κ2) is 7.49. The van der Waals surface area contributed by atoms with E-state index in [0.29, 0.717) is 6.42 Å². The molecule has 1 fully saturated rings. The van der Waals surface area contributed by atoms with Gasteiger partial charge in [-0.2, -0.15) is 0 Å². The minimum absolute atomic E-state index is 0.154. The van der Waals surface area contributed by atoms with E-state index in [0.717, 1.165) is 0 Å². The van der Waals surface area contributed by atoms with E-state index in [1.165, 1.54) is 0 Å². The smallest absolute Gasteiger partial charge is 0.186 e. The summed E-state index contributed by atoms with van der Waals surface area (Å²) >= 11 is 0. The van der Waals surface area contributed by atoms with Crippen LogP contribution in [0.1, 0.15) is 6.42 Å². The Morgan fingerprint density at radius 3 is 2.56 bits per heavy atom. The lowest BCUT2D eigenvalue weighted by molar-refractivity contribution is -0.301. The molecule has 0 aliphatic carbocycles. The van der Waals surface area contributed by atoms with Crippen LogP contribution in [0.5, 0.6) is 0 Å². The zero-order valence-corrected chi connectivity index (χ0v) is 9.66. The SMILES string of the molecule is [N-]=[N+]=NCCCO[C@@H]1OC(CO)[C@H](O)[C@H](O)C1O. The molecule has 18 heavy (non-hydrogen) atoms. The maximum atomic E-state index is 9.60. The summed E-state index contributed by atoms with van der Waals surface area (Å²) in [5.74, 6) is 0. The summed E-state index contributed by atoms with van der Waals surface area (Å²) in [4.78, 5) is 2.56. The van der Waals surface area contributed by atoms with Crippen molar-refractivity contribution in [3.05, 3.63) is 10.4 Å². The summed E-state index contributed by atoms with van der Waals surface area (Å²) in [6.07, 6.45) is -5.93. The van der Waals surface area contributed by atoms with E-state index < -0.39 is 37.3 Å². The molecule has 5 atom stereocenters. The first kappa shape index (κ1) is 15.1. The van der Waals surface area contributed by atoms with Crippen LogP contribution in [0.25, 0.3) is 10.4 Å². The van der Waals surface area contributed by atoms with Crippen molar-refractivity contribution in [3.63, 3.8) is 0 Å². The molecular weight excluding hydrogens is 246 g/mol. The van der Waals surface area contributed by atoms with Crippen molar-refractivity contribution >= 4 is 0 Å². The van der Waals surface area contributed by atoms with Gasteiger partial charge in [0.25, 0.3) is 0 Å². The molecule has 0 bridgehead atoms. The van der Waals surface area contributed by atoms with Crippen molar-refractivity contribution in [2.45, 2.75) is 37.1 Å². The van der Waals surface area contributed by atoms with Gasteiger partial charge in [-0.15, -0.1) is 0 Å². The molecule has 9 nitrogen and oxygen atoms in total. The summed E-state index contributed by atoms with van der Waals surface area (Å²) in [6.45, 7) is -0.0981. The Morgan fingerprint density at radius 1 is 1.22 bits per heavy atom. The van der Waals surface area contributed by atoms with E-state index in [1.54, 1.807) is 0 Å². The van der Waals surface area contributed by atoms with Crippen molar-refractivity contribution in [1.29, 1.82) is 0 Å². The van der Waals surface area contributed by atoms with Gasteiger partial charge in [0.1, 0.15) is 24.4 Å². The van der Waals surface area contributed by atoms with Gasteiger partial charge in [0.15, 0.2) is 6.29 Å². The third-order valence-electron chi connectivity index (χ3n) is 2.60. The fourth-order valence-corrected chi connectivity index (χ4v) is 1.58. The van der Waals surface area contributed by atoms with Crippen LogP contribution in [-0.4, -0.2) is 70.9 Å². The number of nitrogens with zero attached hydrogens (tertiary/aromatic N) is 3. The van der Waals surface area contributed by atoms with E-state index in [1.807, 2.05) is 0 Å². The van der Waals surface area contributed by atoms with Crippen molar-refractivity contribution in [2.75, 3.05) is 19.8 Å². The highest BCUT2D eigenvalue weighted by Gasteiger charge is 2.43. The largest absolute Gasteiger partial charge is 0.394 e. The molecule has 0 spiro atoms. The van der Waals surface area contributed by atoms with Gasteiger partial charge in [0, 0.05) is 18.1 Å². The lowest BCUT2D eigenvalue weighted by atomic mass is 9.99. The second-order valence-electron chi connectivity index (χ2n) is 3.88. The number of azide groups is 1. The van der Waals surface area contributed by atoms with Crippen molar-refractivity contribution in [2.24, 2.45) is 5.11 Å². The minimum Gasteiger partial charge on any atom is -0.394 e. The molecular formula is C9H17N3O6. The maximum absolute atomic E-state index is 9.60. The topological polar surface area (TPSA) is 148 Å². The molecule has 0 radical (unpaired) electrons. The first-order valence-corrected chi connectivity index (χ1v) is 5.54. The van der Waals surface area contributed by atoms with Gasteiger partial charge in [-0.05, 0) is 12.0 Å². The van der Waals surface area contributed by atoms with Gasteiger partial charge in [0.2, 0.25) is 0 Å². The molecule has 0 aromatic carbocycles. The lowest BCUT2D eigenvalue weighted by Crippen LogP contribution is -2.59. The minimum atomic E-state index is -1.45. The number of aliphatic hydroxyl groups excluding tert-OH is 4. The monoisotopic (exact) mass is 263 g/mol. The van der Waals surface area contributed by atoms with Gasteiger partial charge < -0.3 is 29.9 Å². The van der Waals surface area contributed by atoms with E-state index in [-0.39, 0.29) is 13.2 Å². The molecule has 1 aliphatic rings. The summed E-state index contributed by atoms with van der Waals surface area (Å²) < 4.78 is 10.3. The van der Waals surface area contributed by atoms with Gasteiger partial charge in [-0.1, -0.05) is 5.11 Å². The standard InChI is InChI=1S/C9H17N3O6/c10-12-11-2-1-3-17-9-8(16)7(15)6(14)5(4-13)18-9/h5-9,13-16H,1-4H2/t5?,6-,7-,8?,9+/m0/s1. The van der Waals surface area contributed by atoms with Gasteiger partial charge >= 0.3 is 0 Å². The molecule has 2 unspecified atom stereocenters. The van der Waals surface area contributed by atoms with E-state index in [4.69, 9.17) is 20.1 Å². The summed E-state index contributed by atoms with van der Waals surface area (Å²) in [5.41, 5.74) is 8.05. The average molecular weight is 263 g/mol. The molecule has 9 heteroatoms. The zero-order chi connectivity index (χ0) is 13.5. The fourth-order valence-electron chi connectivity index (χ4n) is 1.58. The molecule has 0 aromatic rings. The van der Waals surface area contributed by atoms with Crippen molar-refractivity contribution < 1.29 is 29.9 Å². The summed E-state index contributed by atoms with van der Waals surface area (Å²) in [6, 6.07) is 0. The Labute approximate surface area is 103 Å². The molecule has 4 N–H and O–H groups in total. The highest BCUT2D eigenvalue weighted by Crippen LogP contribution is 2.21. The van der Waals surface area contributed by atoms with Crippen LogP contribution in [0.3, 0.4) is 0 Å². The van der Waals surface area contributed by atoms with Crippen LogP contribution >= 0.6 is 0 Å². The van der Waals surface area contributed by atoms with Crippen LogP contribution in [0, 0.1) is 0 Å². The van der Waals surface area contributed by atoms with E-state index in [9.17, 15) is 15.3 Å². The second-order valence-corrected chi connectivity index (χ2v) is 3.88. The Hall–Kier alpha value is -0.930. The normalized spacial score (nSPS) is 36.1. The molecule has 0 aromatic heterocycles. The van der Waals surface area contributed by atoms with Crippen LogP contribution in [0.15, 0.2) is 5.11 Å². The van der Waals surface area contributed by atoms with E-state index in [2.05, 4.69) is 10.0 Å². The van der Waals surface area contributed by atoms with Crippen LogP contribution < -0.4 is 0 Å². The molecule has 0 saturated carbocycles. The van der Waals surface area contributed by atoms with Crippen LogP contribution in [-0.2, 0) is 9.47 Å². The number of hydrogen-bond acceptors (Lipinski definition) is 7. The molecule has 1 heterocycles. The van der Waals surface area contributed by atoms with Crippen LogP contribution in [0.2, 0.25) is 0 Å². The summed E-state index contributed by atoms with van der Waals surface area (Å²) in [5, 5.41) is 40.8. The maximum Gasteiger partial charge on any atom is 0.186 e. The van der Waals surface area contributed by atoms with Crippen LogP contribution in [0.4, 0.5) is 0 Å². The quantitative estimate of drug-likeness (QED) is 0.198. The highest BCUT2D eigenvalue weighted by atomic mass is 16.7. The number of rotatable bonds is 6.